The van der Waals surface area contributed by atoms with Gasteiger partial charge < -0.3 is 9.80 Å². The molecule has 0 saturated heterocycles. The number of anilines is 2. The summed E-state index contributed by atoms with van der Waals surface area (Å²) >= 11 is 7.70. The predicted molar refractivity (Wildman–Crippen MR) is 144 cm³/mol. The lowest BCUT2D eigenvalue weighted by atomic mass is 9.62. The van der Waals surface area contributed by atoms with Crippen molar-refractivity contribution in [1.29, 1.82) is 0 Å². The molecular formula is C27H32Br2N2. The van der Waals surface area contributed by atoms with E-state index in [-0.39, 0.29) is 5.41 Å². The molecule has 2 aromatic carbocycles. The summed E-state index contributed by atoms with van der Waals surface area (Å²) in [6.07, 6.45) is 4.76. The maximum atomic E-state index is 3.85. The van der Waals surface area contributed by atoms with Crippen molar-refractivity contribution in [2.45, 2.75) is 39.5 Å². The first-order valence-corrected chi connectivity index (χ1v) is 12.4. The van der Waals surface area contributed by atoms with Gasteiger partial charge in [0.1, 0.15) is 0 Å². The highest BCUT2D eigenvalue weighted by Gasteiger charge is 2.46. The number of fused-ring (bicyclic) bond motifs is 2. The van der Waals surface area contributed by atoms with Crippen LogP contribution in [0.15, 0.2) is 44.4 Å². The minimum Gasteiger partial charge on any atom is -0.378 e. The molecular weight excluding hydrogens is 512 g/mol. The lowest BCUT2D eigenvalue weighted by Gasteiger charge is -2.41. The largest absolute Gasteiger partial charge is 0.378 e. The number of benzene rings is 2. The summed E-state index contributed by atoms with van der Waals surface area (Å²) in [6, 6.07) is 9.24. The molecule has 0 bridgehead atoms. The van der Waals surface area contributed by atoms with E-state index in [9.17, 15) is 0 Å². The van der Waals surface area contributed by atoms with Gasteiger partial charge in [-0.2, -0.15) is 0 Å². The van der Waals surface area contributed by atoms with Crippen molar-refractivity contribution in [3.63, 3.8) is 0 Å². The van der Waals surface area contributed by atoms with Crippen molar-refractivity contribution in [2.24, 2.45) is 5.41 Å². The van der Waals surface area contributed by atoms with Crippen LogP contribution < -0.4 is 9.80 Å². The second kappa shape index (κ2) is 7.81. The summed E-state index contributed by atoms with van der Waals surface area (Å²) in [5.41, 5.74) is 10.9. The van der Waals surface area contributed by atoms with Gasteiger partial charge in [0.15, 0.2) is 0 Å². The third-order valence-electron chi connectivity index (χ3n) is 7.09. The van der Waals surface area contributed by atoms with Gasteiger partial charge in [-0.05, 0) is 65.8 Å². The Bertz CT molecular complexity index is 1040. The highest BCUT2D eigenvalue weighted by Crippen LogP contribution is 2.60. The Hall–Kier alpha value is -1.52. The fourth-order valence-corrected chi connectivity index (χ4v) is 6.96. The Balaban J connectivity index is 1.87. The van der Waals surface area contributed by atoms with Crippen molar-refractivity contribution in [1.82, 2.24) is 0 Å². The van der Waals surface area contributed by atoms with Gasteiger partial charge >= 0.3 is 0 Å². The first kappa shape index (κ1) is 22.7. The van der Waals surface area contributed by atoms with Crippen molar-refractivity contribution in [3.8, 4) is 0 Å². The van der Waals surface area contributed by atoms with E-state index in [0.717, 1.165) is 0 Å². The number of nitrogens with zero attached hydrogens (tertiary/aromatic N) is 2. The maximum absolute atomic E-state index is 3.85. The van der Waals surface area contributed by atoms with Crippen LogP contribution in [-0.4, -0.2) is 28.2 Å². The molecule has 4 rings (SSSR count). The van der Waals surface area contributed by atoms with Crippen molar-refractivity contribution in [2.75, 3.05) is 38.0 Å². The molecule has 164 valence electrons. The molecule has 2 aliphatic rings. The van der Waals surface area contributed by atoms with Crippen LogP contribution in [0, 0.1) is 5.41 Å². The van der Waals surface area contributed by atoms with Gasteiger partial charge in [0, 0.05) is 60.3 Å². The van der Waals surface area contributed by atoms with Crippen molar-refractivity contribution >= 4 is 55.4 Å². The molecule has 2 atom stereocenters. The summed E-state index contributed by atoms with van der Waals surface area (Å²) in [4.78, 5) is 4.39. The molecule has 0 amide bonds. The quantitative estimate of drug-likeness (QED) is 0.384. The van der Waals surface area contributed by atoms with E-state index in [1.807, 2.05) is 0 Å². The van der Waals surface area contributed by atoms with E-state index in [0.29, 0.717) is 11.8 Å². The molecule has 0 N–H and O–H groups in total. The molecule has 0 aliphatic heterocycles. The summed E-state index contributed by atoms with van der Waals surface area (Å²) < 4.78 is 2.37. The van der Waals surface area contributed by atoms with Crippen LogP contribution in [0.1, 0.15) is 61.8 Å². The highest BCUT2D eigenvalue weighted by atomic mass is 79.9. The molecule has 2 unspecified atom stereocenters. The molecule has 0 saturated carbocycles. The first-order valence-electron chi connectivity index (χ1n) is 10.8. The van der Waals surface area contributed by atoms with Crippen LogP contribution in [0.4, 0.5) is 11.4 Å². The Labute approximate surface area is 204 Å². The summed E-state index contributed by atoms with van der Waals surface area (Å²) in [6.45, 7) is 9.51. The molecule has 0 radical (unpaired) electrons. The minimum absolute atomic E-state index is 0.0203. The average Bonchev–Trinajstić information content (AvgIpc) is 3.18. The molecule has 0 spiro atoms. The third kappa shape index (κ3) is 3.60. The van der Waals surface area contributed by atoms with Crippen LogP contribution in [0.3, 0.4) is 0 Å². The zero-order valence-electron chi connectivity index (χ0n) is 19.8. The monoisotopic (exact) mass is 542 g/mol. The molecule has 4 heteroatoms. The molecule has 2 nitrogen and oxygen atoms in total. The lowest BCUT2D eigenvalue weighted by molar-refractivity contribution is 0.275. The smallest absolute Gasteiger partial charge is 0.0375 e. The van der Waals surface area contributed by atoms with Gasteiger partial charge in [-0.1, -0.05) is 69.0 Å². The zero-order chi connectivity index (χ0) is 22.8. The van der Waals surface area contributed by atoms with Crippen molar-refractivity contribution in [3.05, 3.63) is 66.6 Å². The number of rotatable bonds is 4. The van der Waals surface area contributed by atoms with Gasteiger partial charge in [-0.3, -0.25) is 0 Å². The highest BCUT2D eigenvalue weighted by molar-refractivity contribution is 9.10. The maximum Gasteiger partial charge on any atom is 0.0375 e. The number of allylic oxidation sites excluding steroid dienone is 2. The second-order valence-electron chi connectivity index (χ2n) is 10.1. The van der Waals surface area contributed by atoms with E-state index in [2.05, 4.69) is 134 Å². The van der Waals surface area contributed by atoms with Crippen LogP contribution in [0.2, 0.25) is 0 Å². The first-order chi connectivity index (χ1) is 14.4. The Morgan fingerprint density at radius 1 is 0.677 bits per heavy atom. The minimum atomic E-state index is 0.0203. The predicted octanol–water partition coefficient (Wildman–Crippen LogP) is 8.07. The Morgan fingerprint density at radius 2 is 1.03 bits per heavy atom. The van der Waals surface area contributed by atoms with Gasteiger partial charge in [-0.25, -0.2) is 0 Å². The number of halogens is 2. The van der Waals surface area contributed by atoms with E-state index in [1.54, 1.807) is 0 Å². The summed E-state index contributed by atoms with van der Waals surface area (Å²) in [5.74, 6) is 0.722. The van der Waals surface area contributed by atoms with E-state index in [4.69, 9.17) is 0 Å². The van der Waals surface area contributed by atoms with Crippen LogP contribution in [0.5, 0.6) is 0 Å². The van der Waals surface area contributed by atoms with E-state index < -0.39 is 0 Å². The van der Waals surface area contributed by atoms with Gasteiger partial charge in [0.25, 0.3) is 0 Å². The van der Waals surface area contributed by atoms with Gasteiger partial charge in [0.2, 0.25) is 0 Å². The normalized spacial score (nSPS) is 19.7. The Kier molecular flexibility index (Phi) is 5.71. The molecule has 0 heterocycles. The number of hydrogen-bond acceptors (Lipinski definition) is 2. The van der Waals surface area contributed by atoms with Crippen LogP contribution in [-0.2, 0) is 0 Å². The molecule has 2 aliphatic carbocycles. The van der Waals surface area contributed by atoms with Crippen molar-refractivity contribution < 1.29 is 0 Å². The molecule has 0 aromatic heterocycles. The SMILES string of the molecule is CC1=Cc2c(Br)cc(N(C)C)cc2C1C(C)(C)C1C(C)=Cc2c(Br)cc(N(C)C)cc21. The number of hydrogen-bond donors (Lipinski definition) is 0. The van der Waals surface area contributed by atoms with Crippen LogP contribution >= 0.6 is 31.9 Å². The zero-order valence-corrected chi connectivity index (χ0v) is 22.9. The Morgan fingerprint density at radius 3 is 1.35 bits per heavy atom. The van der Waals surface area contributed by atoms with E-state index >= 15 is 0 Å². The standard InChI is InChI=1S/C27H32Br2N2/c1-15-9-19-21(11-17(30(5)6)13-23(19)28)25(15)27(3,4)26-16(2)10-20-22(26)12-18(31(7)8)14-24(20)29/h9-14,25-26H,1-8H3. The lowest BCUT2D eigenvalue weighted by Crippen LogP contribution is -2.30. The molecule has 2 aromatic rings. The molecule has 31 heavy (non-hydrogen) atoms. The second-order valence-corrected chi connectivity index (χ2v) is 11.8. The fraction of sp³-hybridized carbons (Fsp3) is 0.407. The van der Waals surface area contributed by atoms with E-state index in [1.165, 1.54) is 53.7 Å². The average molecular weight is 544 g/mol. The van der Waals surface area contributed by atoms with Gasteiger partial charge in [-0.15, -0.1) is 0 Å². The van der Waals surface area contributed by atoms with Crippen LogP contribution in [0.25, 0.3) is 12.2 Å². The third-order valence-corrected chi connectivity index (χ3v) is 8.40. The van der Waals surface area contributed by atoms with Gasteiger partial charge in [0.05, 0.1) is 0 Å². The topological polar surface area (TPSA) is 6.48 Å². The fourth-order valence-electron chi connectivity index (χ4n) is 5.80. The summed E-state index contributed by atoms with van der Waals surface area (Å²) in [5, 5.41) is 0. The summed E-state index contributed by atoms with van der Waals surface area (Å²) in [7, 11) is 8.46. The molecule has 0 fully saturated rings.